The number of fused-ring (bicyclic) bond motifs is 10. The Morgan fingerprint density at radius 1 is 0.425 bits per heavy atom. The number of rotatable bonds is 23. The third-order valence-corrected chi connectivity index (χ3v) is 31.0. The molecule has 0 radical (unpaired) electrons. The van der Waals surface area contributed by atoms with Crippen molar-refractivity contribution in [2.75, 3.05) is 53.0 Å². The monoisotopic (exact) mass is 1790 g/mol. The maximum Gasteiger partial charge on any atom is 0.348 e. The number of esters is 14. The fourth-order valence-electron chi connectivity index (χ4n) is 24.1. The minimum atomic E-state index is -0.920. The first-order chi connectivity index (χ1) is 59.4. The van der Waals surface area contributed by atoms with Crippen LogP contribution in [0.2, 0.25) is 0 Å². The van der Waals surface area contributed by atoms with E-state index in [1.54, 1.807) is 6.92 Å². The zero-order valence-corrected chi connectivity index (χ0v) is 79.1. The molecule has 0 spiro atoms. The second kappa shape index (κ2) is 41.2. The van der Waals surface area contributed by atoms with Crippen LogP contribution in [0, 0.1) is 188 Å². The topological polar surface area (TPSA) is 411 Å². The summed E-state index contributed by atoms with van der Waals surface area (Å²) < 4.78 is 85.0. The number of carbonyl (C=O) groups is 14. The van der Waals surface area contributed by atoms with Crippen LogP contribution in [-0.2, 0) is 143 Å². The van der Waals surface area contributed by atoms with E-state index in [1.807, 2.05) is 90.0 Å². The average molecular weight is 1790 g/mol. The van der Waals surface area contributed by atoms with E-state index in [0.717, 1.165) is 32.1 Å². The van der Waals surface area contributed by atoms with Gasteiger partial charge < -0.3 is 75.8 Å². The van der Waals surface area contributed by atoms with Crippen molar-refractivity contribution in [1.82, 2.24) is 0 Å². The molecule has 127 heavy (non-hydrogen) atoms. The van der Waals surface area contributed by atoms with Crippen LogP contribution in [0.5, 0.6) is 0 Å². The molecule has 0 aromatic carbocycles. The molecular weight excluding hydrogens is 1650 g/mol. The Balaban J connectivity index is 0.000000166. The van der Waals surface area contributed by atoms with Gasteiger partial charge in [0.1, 0.15) is 48.8 Å². The standard InChI is InChI=1S/C21H32O6.C19H29NO4.C19H28O7.C19H28O6.C18H26O7/c1-10-11(2)13-8-12(10)14(15(13)18(23)27-20(3,4)5)17(22)26-16-19(24)25-9-21(16,6)7;1-11-12(2)14-10-13(11)15(17(21)23-9-7-6-8-20)16(14)18(22)24-19(3,4)5;1-5-23-11(4)25-18(21)16-13-7-14(10(3)9(13)2)17(16)19(22)26-12-6-15(20)24-8-12;1-9-10(2)12-8-11(9)14(15(12)18(22)25-19(3,4)5)17(21)24-13-6-7-23-16(13)20;1-4-22-8-24-17(20)15-12-6-13(10(3)9(12)2)16(15)18(21)25-11-5-14(19)23-7-11/h10-16H,8-9H2,1-7H3;6,11-16,20H,7,9-10H2,1-5H3;9-14,16-17H,5-8H2,1-4H3;9-15H,6-8H2,1-5H3;9-13,15-16H,4-8H2,1-3H3. The lowest BCUT2D eigenvalue weighted by Crippen LogP contribution is -2.46. The van der Waals surface area contributed by atoms with Crippen molar-refractivity contribution in [2.45, 2.75) is 271 Å². The van der Waals surface area contributed by atoms with Crippen LogP contribution in [0.4, 0.5) is 0 Å². The van der Waals surface area contributed by atoms with E-state index < -0.39 is 154 Å². The lowest BCUT2D eigenvalue weighted by molar-refractivity contribution is -0.188. The van der Waals surface area contributed by atoms with Crippen LogP contribution < -0.4 is 0 Å². The Morgan fingerprint density at radius 2 is 0.748 bits per heavy atom. The van der Waals surface area contributed by atoms with Crippen LogP contribution in [0.25, 0.3) is 0 Å². The van der Waals surface area contributed by atoms with Crippen molar-refractivity contribution in [3.05, 3.63) is 6.08 Å². The molecule has 10 bridgehead atoms. The molecule has 0 aromatic heterocycles. The first-order valence-electron chi connectivity index (χ1n) is 46.5. The maximum atomic E-state index is 13.1. The molecule has 4 saturated heterocycles. The van der Waals surface area contributed by atoms with E-state index in [2.05, 4.69) is 75.1 Å². The summed E-state index contributed by atoms with van der Waals surface area (Å²) in [6, 6.07) is 0. The fourth-order valence-corrected chi connectivity index (χ4v) is 24.1. The summed E-state index contributed by atoms with van der Waals surface area (Å²) >= 11 is 0. The average Bonchev–Trinajstić information content (AvgIpc) is 1.60. The highest BCUT2D eigenvalue weighted by atomic mass is 16.7. The lowest BCUT2D eigenvalue weighted by Gasteiger charge is -2.37. The van der Waals surface area contributed by atoms with E-state index in [-0.39, 0.29) is 154 Å². The number of hydrogen-bond acceptors (Lipinski definition) is 31. The normalized spacial score (nSPS) is 38.7. The Morgan fingerprint density at radius 3 is 1.04 bits per heavy atom. The van der Waals surface area contributed by atoms with Crippen molar-refractivity contribution in [3.8, 4) is 0 Å². The molecule has 4 aliphatic heterocycles. The van der Waals surface area contributed by atoms with Gasteiger partial charge in [-0.3, -0.25) is 62.9 Å². The molecule has 10 aliphatic carbocycles. The quantitative estimate of drug-likeness (QED) is 0.0326. The molecule has 4 heterocycles. The molecular formula is C96H143NO30. The summed E-state index contributed by atoms with van der Waals surface area (Å²) in [6.07, 6.45) is 3.24. The highest BCUT2D eigenvalue weighted by molar-refractivity contribution is 5.90. The predicted octanol–water partition coefficient (Wildman–Crippen LogP) is 12.0. The molecule has 14 fully saturated rings. The first kappa shape index (κ1) is 101. The molecule has 0 amide bonds. The largest absolute Gasteiger partial charge is 0.465 e. The summed E-state index contributed by atoms with van der Waals surface area (Å²) in [5, 5.41) is 6.84. The third kappa shape index (κ3) is 22.6. The van der Waals surface area contributed by atoms with E-state index in [0.29, 0.717) is 85.2 Å². The van der Waals surface area contributed by atoms with Crippen LogP contribution in [0.15, 0.2) is 6.08 Å². The van der Waals surface area contributed by atoms with Gasteiger partial charge in [-0.1, -0.05) is 83.1 Å². The first-order valence-corrected chi connectivity index (χ1v) is 46.5. The van der Waals surface area contributed by atoms with Crippen LogP contribution in [-0.4, -0.2) is 190 Å². The summed E-state index contributed by atoms with van der Waals surface area (Å²) in [5.41, 5.74) is -2.33. The van der Waals surface area contributed by atoms with E-state index in [4.69, 9.17) is 81.2 Å². The van der Waals surface area contributed by atoms with E-state index >= 15 is 0 Å². The SMILES string of the molecule is CC1C(C)C2CC1C(C(=O)OC1C(=O)OCC1(C)C)C2C(=O)OC(C)(C)C.CC1C(C)C2CC1C(C(=O)OC1CCOC1=O)C2C(=O)OC(C)(C)C.CC1C(C)C2CC1C(C(=O)OCCC=C=N)C2C(=O)OC(C)(C)C.CCOC(C)OC(=O)C1C2CC(C(C)C2C)C1C(=O)OC1COC(=O)C1.CCOCOC(=O)C1C2CC(C(C)C2C)C1C(=O)OC1COC(=O)C1. The van der Waals surface area contributed by atoms with Gasteiger partial charge in [0.25, 0.3) is 0 Å². The molecule has 35 unspecified atom stereocenters. The molecule has 31 nitrogen and oxygen atoms in total. The lowest BCUT2D eigenvalue weighted by atomic mass is 9.69. The molecule has 10 saturated carbocycles. The summed E-state index contributed by atoms with van der Waals surface area (Å²) in [7, 11) is 0. The van der Waals surface area contributed by atoms with Gasteiger partial charge in [0.2, 0.25) is 12.2 Å². The van der Waals surface area contributed by atoms with Crippen molar-refractivity contribution in [1.29, 1.82) is 5.41 Å². The summed E-state index contributed by atoms with van der Waals surface area (Å²) in [6.45, 7) is 48.6. The second-order valence-corrected chi connectivity index (χ2v) is 42.3. The molecule has 31 heteroatoms. The minimum Gasteiger partial charge on any atom is -0.465 e. The van der Waals surface area contributed by atoms with Gasteiger partial charge in [-0.25, -0.2) is 9.59 Å². The second-order valence-electron chi connectivity index (χ2n) is 42.3. The molecule has 14 aliphatic rings. The van der Waals surface area contributed by atoms with Crippen LogP contribution in [0.3, 0.4) is 0 Å². The van der Waals surface area contributed by atoms with Gasteiger partial charge in [0.15, 0.2) is 13.1 Å². The van der Waals surface area contributed by atoms with Gasteiger partial charge in [-0.2, -0.15) is 0 Å². The molecule has 0 aromatic rings. The number of hydrogen-bond donors (Lipinski definition) is 1. The van der Waals surface area contributed by atoms with Gasteiger partial charge in [0.05, 0.1) is 85.2 Å². The highest BCUT2D eigenvalue weighted by Gasteiger charge is 2.67. The molecule has 14 rings (SSSR count). The van der Waals surface area contributed by atoms with Crippen molar-refractivity contribution in [3.63, 3.8) is 0 Å². The Bertz CT molecular complexity index is 4070. The molecule has 35 atom stereocenters. The Labute approximate surface area is 747 Å². The zero-order valence-electron chi connectivity index (χ0n) is 79.1. The molecule has 1 N–H and O–H groups in total. The number of cyclic esters (lactones) is 4. The Kier molecular flexibility index (Phi) is 32.8. The maximum absolute atomic E-state index is 13.1. The number of ether oxygens (including phenoxy) is 16. The van der Waals surface area contributed by atoms with Gasteiger partial charge in [-0.15, -0.1) is 0 Å². The number of nitrogens with one attached hydrogen (secondary N) is 1. The summed E-state index contributed by atoms with van der Waals surface area (Å²) in [5.74, 6) is -3.39. The summed E-state index contributed by atoms with van der Waals surface area (Å²) in [4.78, 5) is 174. The third-order valence-electron chi connectivity index (χ3n) is 31.0. The number of carbonyl (C=O) groups excluding carboxylic acids is 14. The van der Waals surface area contributed by atoms with Crippen molar-refractivity contribution < 1.29 is 143 Å². The highest BCUT2D eigenvalue weighted by Crippen LogP contribution is 2.64. The van der Waals surface area contributed by atoms with Crippen LogP contribution in [0.1, 0.15) is 224 Å². The van der Waals surface area contributed by atoms with Crippen molar-refractivity contribution in [2.24, 2.45) is 183 Å². The zero-order chi connectivity index (χ0) is 94.0. The fraction of sp³-hybridized carbons (Fsp3) is 0.833. The minimum absolute atomic E-state index is 0.0784. The van der Waals surface area contributed by atoms with Crippen LogP contribution >= 0.6 is 0 Å². The van der Waals surface area contributed by atoms with Gasteiger partial charge >= 0.3 is 83.6 Å². The van der Waals surface area contributed by atoms with E-state index in [1.165, 1.54) is 6.08 Å². The molecule has 712 valence electrons. The van der Waals surface area contributed by atoms with Gasteiger partial charge in [0, 0.05) is 31.5 Å². The van der Waals surface area contributed by atoms with Crippen molar-refractivity contribution >= 4 is 89.4 Å². The predicted molar refractivity (Wildman–Crippen MR) is 451 cm³/mol. The Hall–Kier alpha value is -8.05. The smallest absolute Gasteiger partial charge is 0.348 e. The van der Waals surface area contributed by atoms with E-state index in [9.17, 15) is 67.1 Å². The van der Waals surface area contributed by atoms with Gasteiger partial charge in [-0.05, 0) is 245 Å².